The molecule has 3 rings (SSSR count). The van der Waals surface area contributed by atoms with Gasteiger partial charge in [0.2, 0.25) is 9.84 Å². The first-order valence-electron chi connectivity index (χ1n) is 7.09. The molecule has 0 saturated carbocycles. The Morgan fingerprint density at radius 1 is 0.545 bits per heavy atom. The molecule has 0 spiro atoms. The summed E-state index contributed by atoms with van der Waals surface area (Å²) in [6.45, 7) is 0. The average molecular weight is 308 g/mol. The van der Waals surface area contributed by atoms with Crippen LogP contribution >= 0.6 is 0 Å². The first-order chi connectivity index (χ1) is 10.7. The van der Waals surface area contributed by atoms with Crippen molar-refractivity contribution in [1.29, 1.82) is 0 Å². The fourth-order valence-electron chi connectivity index (χ4n) is 2.35. The van der Waals surface area contributed by atoms with E-state index in [9.17, 15) is 8.42 Å². The van der Waals surface area contributed by atoms with Gasteiger partial charge < -0.3 is 0 Å². The van der Waals surface area contributed by atoms with Gasteiger partial charge in [0.05, 0.1) is 9.79 Å². The standard InChI is InChI=1S/C19H16O2S/c20-22(21,18-9-5-2-6-10-18)19-13-11-17(12-14-19)15-16-7-3-1-4-8-16/h1-14H,15H2. The molecule has 0 aliphatic carbocycles. The molecular weight excluding hydrogens is 292 g/mol. The lowest BCUT2D eigenvalue weighted by molar-refractivity contribution is 0.596. The Kier molecular flexibility index (Phi) is 4.07. The molecule has 0 heterocycles. The minimum absolute atomic E-state index is 0.325. The van der Waals surface area contributed by atoms with Gasteiger partial charge in [0.25, 0.3) is 0 Å². The summed E-state index contributed by atoms with van der Waals surface area (Å²) in [5, 5.41) is 0. The average Bonchev–Trinajstić information content (AvgIpc) is 2.57. The molecule has 0 aliphatic rings. The van der Waals surface area contributed by atoms with Gasteiger partial charge in [-0.15, -0.1) is 0 Å². The van der Waals surface area contributed by atoms with E-state index in [1.165, 1.54) is 5.56 Å². The van der Waals surface area contributed by atoms with E-state index in [0.717, 1.165) is 12.0 Å². The van der Waals surface area contributed by atoms with Crippen LogP contribution in [-0.2, 0) is 16.3 Å². The molecule has 3 aromatic rings. The first-order valence-corrected chi connectivity index (χ1v) is 8.57. The Bertz CT molecular complexity index is 837. The smallest absolute Gasteiger partial charge is 0.206 e. The van der Waals surface area contributed by atoms with Crippen LogP contribution in [0.4, 0.5) is 0 Å². The van der Waals surface area contributed by atoms with E-state index in [4.69, 9.17) is 0 Å². The van der Waals surface area contributed by atoms with Gasteiger partial charge >= 0.3 is 0 Å². The Morgan fingerprint density at radius 3 is 1.59 bits per heavy atom. The fourth-order valence-corrected chi connectivity index (χ4v) is 3.64. The molecular formula is C19H16O2S. The summed E-state index contributed by atoms with van der Waals surface area (Å²) in [7, 11) is -3.43. The molecule has 0 bridgehead atoms. The van der Waals surface area contributed by atoms with E-state index in [-0.39, 0.29) is 0 Å². The summed E-state index contributed by atoms with van der Waals surface area (Å²) in [5.74, 6) is 0. The number of hydrogen-bond acceptors (Lipinski definition) is 2. The molecule has 0 saturated heterocycles. The van der Waals surface area contributed by atoms with Crippen molar-refractivity contribution in [3.63, 3.8) is 0 Å². The minimum atomic E-state index is -3.43. The SMILES string of the molecule is O=S(=O)(c1ccccc1)c1ccc(Cc2ccccc2)cc1. The van der Waals surface area contributed by atoms with Crippen LogP contribution in [0.5, 0.6) is 0 Å². The molecule has 3 aromatic carbocycles. The van der Waals surface area contributed by atoms with Crippen LogP contribution in [0.1, 0.15) is 11.1 Å². The number of sulfone groups is 1. The second-order valence-electron chi connectivity index (χ2n) is 5.12. The molecule has 110 valence electrons. The van der Waals surface area contributed by atoms with Crippen LogP contribution in [0.15, 0.2) is 94.7 Å². The molecule has 0 N–H and O–H groups in total. The lowest BCUT2D eigenvalue weighted by Crippen LogP contribution is -2.01. The number of rotatable bonds is 4. The van der Waals surface area contributed by atoms with Crippen LogP contribution in [0, 0.1) is 0 Å². The topological polar surface area (TPSA) is 34.1 Å². The van der Waals surface area contributed by atoms with Crippen molar-refractivity contribution < 1.29 is 8.42 Å². The maximum absolute atomic E-state index is 12.5. The first kappa shape index (κ1) is 14.5. The fraction of sp³-hybridized carbons (Fsp3) is 0.0526. The molecule has 0 fully saturated rings. The molecule has 0 unspecified atom stereocenters. The van der Waals surface area contributed by atoms with Crippen LogP contribution in [-0.4, -0.2) is 8.42 Å². The Hall–Kier alpha value is -2.39. The van der Waals surface area contributed by atoms with Crippen molar-refractivity contribution in [3.05, 3.63) is 96.1 Å². The van der Waals surface area contributed by atoms with Crippen molar-refractivity contribution in [2.24, 2.45) is 0 Å². The molecule has 22 heavy (non-hydrogen) atoms. The summed E-state index contributed by atoms with van der Waals surface area (Å²) in [6, 6.07) is 25.7. The van der Waals surface area contributed by atoms with E-state index in [1.54, 1.807) is 36.4 Å². The third-order valence-corrected chi connectivity index (χ3v) is 5.32. The van der Waals surface area contributed by atoms with E-state index in [0.29, 0.717) is 9.79 Å². The van der Waals surface area contributed by atoms with Crippen LogP contribution in [0.3, 0.4) is 0 Å². The van der Waals surface area contributed by atoms with Crippen molar-refractivity contribution in [2.75, 3.05) is 0 Å². The zero-order valence-electron chi connectivity index (χ0n) is 12.0. The quantitative estimate of drug-likeness (QED) is 0.727. The summed E-state index contributed by atoms with van der Waals surface area (Å²) in [4.78, 5) is 0.654. The number of hydrogen-bond donors (Lipinski definition) is 0. The lowest BCUT2D eigenvalue weighted by atomic mass is 10.1. The Morgan fingerprint density at radius 2 is 1.00 bits per heavy atom. The van der Waals surface area contributed by atoms with Crippen LogP contribution in [0.2, 0.25) is 0 Å². The van der Waals surface area contributed by atoms with Crippen molar-refractivity contribution >= 4 is 9.84 Å². The van der Waals surface area contributed by atoms with E-state index in [1.807, 2.05) is 36.4 Å². The van der Waals surface area contributed by atoms with Gasteiger partial charge in [-0.3, -0.25) is 0 Å². The van der Waals surface area contributed by atoms with Crippen LogP contribution < -0.4 is 0 Å². The van der Waals surface area contributed by atoms with Gasteiger partial charge in [0, 0.05) is 0 Å². The lowest BCUT2D eigenvalue weighted by Gasteiger charge is -2.06. The highest BCUT2D eigenvalue weighted by Gasteiger charge is 2.16. The van der Waals surface area contributed by atoms with Gasteiger partial charge in [-0.25, -0.2) is 8.42 Å². The highest BCUT2D eigenvalue weighted by atomic mass is 32.2. The Labute approximate surface area is 131 Å². The monoisotopic (exact) mass is 308 g/mol. The van der Waals surface area contributed by atoms with Crippen molar-refractivity contribution in [1.82, 2.24) is 0 Å². The largest absolute Gasteiger partial charge is 0.219 e. The van der Waals surface area contributed by atoms with Gasteiger partial charge in [0.15, 0.2) is 0 Å². The zero-order chi connectivity index (χ0) is 15.4. The number of benzene rings is 3. The van der Waals surface area contributed by atoms with Crippen molar-refractivity contribution in [2.45, 2.75) is 16.2 Å². The predicted octanol–water partition coefficient (Wildman–Crippen LogP) is 4.11. The second-order valence-corrected chi connectivity index (χ2v) is 7.07. The third-order valence-electron chi connectivity index (χ3n) is 3.54. The maximum Gasteiger partial charge on any atom is 0.206 e. The highest BCUT2D eigenvalue weighted by molar-refractivity contribution is 7.91. The molecule has 0 atom stereocenters. The molecule has 0 radical (unpaired) electrons. The van der Waals surface area contributed by atoms with Crippen molar-refractivity contribution in [3.8, 4) is 0 Å². The predicted molar refractivity (Wildman–Crippen MR) is 87.6 cm³/mol. The normalized spacial score (nSPS) is 11.3. The molecule has 0 aliphatic heterocycles. The molecule has 2 nitrogen and oxygen atoms in total. The third kappa shape index (κ3) is 3.10. The minimum Gasteiger partial charge on any atom is -0.219 e. The van der Waals surface area contributed by atoms with Gasteiger partial charge in [-0.2, -0.15) is 0 Å². The van der Waals surface area contributed by atoms with Gasteiger partial charge in [-0.1, -0.05) is 60.7 Å². The molecule has 0 amide bonds. The van der Waals surface area contributed by atoms with E-state index >= 15 is 0 Å². The van der Waals surface area contributed by atoms with Crippen LogP contribution in [0.25, 0.3) is 0 Å². The summed E-state index contributed by atoms with van der Waals surface area (Å²) in [6.07, 6.45) is 0.798. The van der Waals surface area contributed by atoms with Gasteiger partial charge in [0.1, 0.15) is 0 Å². The van der Waals surface area contributed by atoms with E-state index in [2.05, 4.69) is 12.1 Å². The molecule has 0 aromatic heterocycles. The summed E-state index contributed by atoms with van der Waals surface area (Å²) < 4.78 is 25.0. The zero-order valence-corrected chi connectivity index (χ0v) is 12.8. The van der Waals surface area contributed by atoms with E-state index < -0.39 is 9.84 Å². The highest BCUT2D eigenvalue weighted by Crippen LogP contribution is 2.21. The maximum atomic E-state index is 12.5. The Balaban J connectivity index is 1.86. The second kappa shape index (κ2) is 6.16. The van der Waals surface area contributed by atoms with Gasteiger partial charge in [-0.05, 0) is 41.8 Å². The summed E-state index contributed by atoms with van der Waals surface area (Å²) >= 11 is 0. The summed E-state index contributed by atoms with van der Waals surface area (Å²) in [5.41, 5.74) is 2.30. The molecule has 3 heteroatoms.